The lowest BCUT2D eigenvalue weighted by Crippen LogP contribution is -2.15. The molecule has 0 fully saturated rings. The molecule has 4 nitrogen and oxygen atoms in total. The van der Waals surface area contributed by atoms with Crippen molar-refractivity contribution in [2.75, 3.05) is 10.5 Å². The Bertz CT molecular complexity index is 761. The minimum Gasteiger partial charge on any atom is -0.398 e. The normalized spacial score (nSPS) is 11.4. The first kappa shape index (κ1) is 15.8. The van der Waals surface area contributed by atoms with Gasteiger partial charge in [0.25, 0.3) is 10.0 Å². The van der Waals surface area contributed by atoms with Crippen LogP contribution >= 0.6 is 15.9 Å². The predicted molar refractivity (Wildman–Crippen MR) is 85.1 cm³/mol. The van der Waals surface area contributed by atoms with E-state index in [0.717, 1.165) is 24.1 Å². The van der Waals surface area contributed by atoms with Gasteiger partial charge in [-0.2, -0.15) is 0 Å². The molecule has 2 aromatic rings. The largest absolute Gasteiger partial charge is 0.398 e. The average molecular weight is 373 g/mol. The van der Waals surface area contributed by atoms with Crippen LogP contribution in [0.4, 0.5) is 15.8 Å². The molecular weight excluding hydrogens is 359 g/mol. The zero-order valence-electron chi connectivity index (χ0n) is 11.2. The molecule has 0 heterocycles. The quantitative estimate of drug-likeness (QED) is 0.806. The molecule has 0 saturated heterocycles. The maximum Gasteiger partial charge on any atom is 0.264 e. The lowest BCUT2D eigenvalue weighted by atomic mass is 10.2. The number of hydrogen-bond acceptors (Lipinski definition) is 3. The van der Waals surface area contributed by atoms with Crippen LogP contribution in [0.25, 0.3) is 0 Å². The van der Waals surface area contributed by atoms with E-state index < -0.39 is 20.7 Å². The summed E-state index contributed by atoms with van der Waals surface area (Å²) in [5, 5.41) is 0. The van der Waals surface area contributed by atoms with Gasteiger partial charge >= 0.3 is 0 Å². The SMILES string of the molecule is CCc1ccc(NS(=O)(=O)c2cc(N)c(Br)cc2F)cc1. The number of halogens is 2. The Labute approximate surface area is 131 Å². The predicted octanol–water partition coefficient (Wildman–Crippen LogP) is 3.53. The number of aryl methyl sites for hydroxylation is 1. The number of rotatable bonds is 4. The monoisotopic (exact) mass is 372 g/mol. The first-order chi connectivity index (χ1) is 9.83. The van der Waals surface area contributed by atoms with Gasteiger partial charge in [0.15, 0.2) is 0 Å². The number of hydrogen-bond donors (Lipinski definition) is 2. The zero-order valence-corrected chi connectivity index (χ0v) is 13.6. The highest BCUT2D eigenvalue weighted by molar-refractivity contribution is 9.10. The van der Waals surface area contributed by atoms with E-state index in [-0.39, 0.29) is 5.69 Å². The number of benzene rings is 2. The number of sulfonamides is 1. The summed E-state index contributed by atoms with van der Waals surface area (Å²) in [4.78, 5) is -0.484. The molecule has 0 aliphatic heterocycles. The maximum absolute atomic E-state index is 13.8. The molecule has 0 aromatic heterocycles. The molecule has 0 bridgehead atoms. The fraction of sp³-hybridized carbons (Fsp3) is 0.143. The van der Waals surface area contributed by atoms with Crippen molar-refractivity contribution >= 4 is 37.3 Å². The Morgan fingerprint density at radius 2 is 1.86 bits per heavy atom. The van der Waals surface area contributed by atoms with Crippen molar-refractivity contribution < 1.29 is 12.8 Å². The third-order valence-electron chi connectivity index (χ3n) is 2.96. The van der Waals surface area contributed by atoms with Gasteiger partial charge in [-0.05, 0) is 52.2 Å². The summed E-state index contributed by atoms with van der Waals surface area (Å²) < 4.78 is 40.9. The summed E-state index contributed by atoms with van der Waals surface area (Å²) in [6.45, 7) is 2.00. The van der Waals surface area contributed by atoms with Crippen molar-refractivity contribution in [2.24, 2.45) is 0 Å². The van der Waals surface area contributed by atoms with Gasteiger partial charge in [-0.1, -0.05) is 19.1 Å². The Morgan fingerprint density at radius 3 is 2.43 bits per heavy atom. The molecule has 0 aliphatic carbocycles. The van der Waals surface area contributed by atoms with Crippen molar-refractivity contribution in [3.8, 4) is 0 Å². The third kappa shape index (κ3) is 3.54. The molecule has 0 amide bonds. The summed E-state index contributed by atoms with van der Waals surface area (Å²) in [6, 6.07) is 9.01. The highest BCUT2D eigenvalue weighted by atomic mass is 79.9. The Morgan fingerprint density at radius 1 is 1.24 bits per heavy atom. The van der Waals surface area contributed by atoms with E-state index in [1.165, 1.54) is 0 Å². The highest BCUT2D eigenvalue weighted by Crippen LogP contribution is 2.27. The fourth-order valence-corrected chi connectivity index (χ4v) is 3.24. The summed E-state index contributed by atoms with van der Waals surface area (Å²) in [6.07, 6.45) is 0.852. The Kier molecular flexibility index (Phi) is 4.53. The van der Waals surface area contributed by atoms with Gasteiger partial charge in [-0.3, -0.25) is 4.72 Å². The molecular formula is C14H14BrFN2O2S. The van der Waals surface area contributed by atoms with Crippen LogP contribution in [0.15, 0.2) is 45.8 Å². The topological polar surface area (TPSA) is 72.2 Å². The molecule has 2 rings (SSSR count). The average Bonchev–Trinajstić information content (AvgIpc) is 2.43. The van der Waals surface area contributed by atoms with Crippen LogP contribution in [0.1, 0.15) is 12.5 Å². The smallest absolute Gasteiger partial charge is 0.264 e. The van der Waals surface area contributed by atoms with E-state index in [0.29, 0.717) is 10.2 Å². The minimum atomic E-state index is -4.03. The second-order valence-corrected chi connectivity index (χ2v) is 6.97. The van der Waals surface area contributed by atoms with Gasteiger partial charge in [0.1, 0.15) is 10.7 Å². The lowest BCUT2D eigenvalue weighted by Gasteiger charge is -2.10. The van der Waals surface area contributed by atoms with E-state index in [1.54, 1.807) is 12.1 Å². The number of nitrogen functional groups attached to an aromatic ring is 1. The summed E-state index contributed by atoms with van der Waals surface area (Å²) in [7, 11) is -4.03. The highest BCUT2D eigenvalue weighted by Gasteiger charge is 2.20. The fourth-order valence-electron chi connectivity index (χ4n) is 1.77. The second kappa shape index (κ2) is 6.03. The molecule has 21 heavy (non-hydrogen) atoms. The van der Waals surface area contributed by atoms with Crippen LogP contribution in [0.3, 0.4) is 0 Å². The van der Waals surface area contributed by atoms with E-state index in [4.69, 9.17) is 5.73 Å². The molecule has 0 radical (unpaired) electrons. The number of nitrogens with two attached hydrogens (primary N) is 1. The van der Waals surface area contributed by atoms with Crippen LogP contribution < -0.4 is 10.5 Å². The van der Waals surface area contributed by atoms with E-state index in [9.17, 15) is 12.8 Å². The Hall–Kier alpha value is -1.60. The first-order valence-corrected chi connectivity index (χ1v) is 8.47. The minimum absolute atomic E-state index is 0.151. The molecule has 2 aromatic carbocycles. The van der Waals surface area contributed by atoms with Crippen molar-refractivity contribution in [3.05, 3.63) is 52.3 Å². The molecule has 112 valence electrons. The van der Waals surface area contributed by atoms with E-state index in [1.807, 2.05) is 19.1 Å². The van der Waals surface area contributed by atoms with Crippen molar-refractivity contribution in [1.29, 1.82) is 0 Å². The van der Waals surface area contributed by atoms with Crippen molar-refractivity contribution in [3.63, 3.8) is 0 Å². The molecule has 7 heteroatoms. The molecule has 0 saturated carbocycles. The van der Waals surface area contributed by atoms with Gasteiger partial charge in [0, 0.05) is 15.8 Å². The van der Waals surface area contributed by atoms with E-state index in [2.05, 4.69) is 20.7 Å². The van der Waals surface area contributed by atoms with Crippen LogP contribution in [0, 0.1) is 5.82 Å². The van der Waals surface area contributed by atoms with Crippen molar-refractivity contribution in [1.82, 2.24) is 0 Å². The van der Waals surface area contributed by atoms with Crippen LogP contribution in [-0.4, -0.2) is 8.42 Å². The standard InChI is InChI=1S/C14H14BrFN2O2S/c1-2-9-3-5-10(6-4-9)18-21(19,20)14-8-13(17)11(15)7-12(14)16/h3-8,18H,2,17H2,1H3. The molecule has 0 unspecified atom stereocenters. The molecule has 0 atom stereocenters. The molecule has 0 aliphatic rings. The van der Waals surface area contributed by atoms with Crippen LogP contribution in [-0.2, 0) is 16.4 Å². The van der Waals surface area contributed by atoms with Gasteiger partial charge < -0.3 is 5.73 Å². The second-order valence-electron chi connectivity index (χ2n) is 4.46. The van der Waals surface area contributed by atoms with Gasteiger partial charge in [-0.15, -0.1) is 0 Å². The third-order valence-corrected chi connectivity index (χ3v) is 5.04. The number of nitrogens with one attached hydrogen (secondary N) is 1. The summed E-state index contributed by atoms with van der Waals surface area (Å²) in [5.41, 5.74) is 7.21. The van der Waals surface area contributed by atoms with E-state index >= 15 is 0 Å². The van der Waals surface area contributed by atoms with Crippen molar-refractivity contribution in [2.45, 2.75) is 18.2 Å². The molecule has 3 N–H and O–H groups in total. The van der Waals surface area contributed by atoms with Gasteiger partial charge in [0.05, 0.1) is 0 Å². The lowest BCUT2D eigenvalue weighted by molar-refractivity contribution is 0.570. The number of anilines is 2. The Balaban J connectivity index is 2.35. The van der Waals surface area contributed by atoms with Gasteiger partial charge in [-0.25, -0.2) is 12.8 Å². The van der Waals surface area contributed by atoms with Gasteiger partial charge in [0.2, 0.25) is 0 Å². The summed E-state index contributed by atoms with van der Waals surface area (Å²) >= 11 is 3.05. The zero-order chi connectivity index (χ0) is 15.6. The maximum atomic E-state index is 13.8. The first-order valence-electron chi connectivity index (χ1n) is 6.19. The molecule has 0 spiro atoms. The van der Waals surface area contributed by atoms with Crippen LogP contribution in [0.5, 0.6) is 0 Å². The van der Waals surface area contributed by atoms with Crippen LogP contribution in [0.2, 0.25) is 0 Å². The summed E-state index contributed by atoms with van der Waals surface area (Å²) in [5.74, 6) is -0.867.